The Kier molecular flexibility index (Phi) is 5.13. The third-order valence-corrected chi connectivity index (χ3v) is 5.50. The predicted molar refractivity (Wildman–Crippen MR) is 111 cm³/mol. The first kappa shape index (κ1) is 20.5. The van der Waals surface area contributed by atoms with E-state index in [0.29, 0.717) is 18.0 Å². The van der Waals surface area contributed by atoms with Gasteiger partial charge in [0, 0.05) is 17.1 Å². The van der Waals surface area contributed by atoms with Gasteiger partial charge in [-0.05, 0) is 57.4 Å². The highest BCUT2D eigenvalue weighted by atomic mass is 35.5. The first-order valence-corrected chi connectivity index (χ1v) is 9.83. The van der Waals surface area contributed by atoms with Gasteiger partial charge in [-0.15, -0.1) is 0 Å². The summed E-state index contributed by atoms with van der Waals surface area (Å²) < 4.78 is 19.3. The summed E-state index contributed by atoms with van der Waals surface area (Å²) >= 11 is 6.04. The molecule has 1 amide bonds. The van der Waals surface area contributed by atoms with Crippen LogP contribution < -0.4 is 5.43 Å². The maximum Gasteiger partial charge on any atom is 0.293 e. The van der Waals surface area contributed by atoms with Crippen LogP contribution in [0.2, 0.25) is 5.02 Å². The van der Waals surface area contributed by atoms with Gasteiger partial charge in [0.05, 0.1) is 5.39 Å². The van der Waals surface area contributed by atoms with Crippen molar-refractivity contribution in [2.75, 3.05) is 27.2 Å². The van der Waals surface area contributed by atoms with Gasteiger partial charge in [-0.3, -0.25) is 14.5 Å². The Bertz CT molecular complexity index is 1190. The standard InChI is InChI=1S/C22H20ClFN2O4/c1-25(2)10-3-11-26-21(28)20-18(22(26,29)13-4-7-15(24)8-5-13)19(27)16-12-14(23)6-9-17(16)30-20/h4-9,12,29H,3,10-11H2,1-2H3. The molecule has 1 unspecified atom stereocenters. The Morgan fingerprint density at radius 2 is 1.87 bits per heavy atom. The van der Waals surface area contributed by atoms with Gasteiger partial charge in [0.25, 0.3) is 5.91 Å². The number of hydrogen-bond donors (Lipinski definition) is 1. The van der Waals surface area contributed by atoms with E-state index in [1.54, 1.807) is 6.07 Å². The molecule has 0 bridgehead atoms. The molecule has 0 radical (unpaired) electrons. The van der Waals surface area contributed by atoms with Gasteiger partial charge in [-0.2, -0.15) is 0 Å². The molecular formula is C22H20ClFN2O4. The second kappa shape index (κ2) is 7.50. The molecule has 8 heteroatoms. The van der Waals surface area contributed by atoms with Gasteiger partial charge in [-0.25, -0.2) is 4.39 Å². The number of hydrogen-bond acceptors (Lipinski definition) is 5. The summed E-state index contributed by atoms with van der Waals surface area (Å²) in [7, 11) is 3.79. The van der Waals surface area contributed by atoms with Gasteiger partial charge < -0.3 is 14.4 Å². The molecule has 0 saturated heterocycles. The van der Waals surface area contributed by atoms with E-state index in [-0.39, 0.29) is 34.4 Å². The van der Waals surface area contributed by atoms with Crippen LogP contribution in [0.3, 0.4) is 0 Å². The average molecular weight is 431 g/mol. The van der Waals surface area contributed by atoms with E-state index in [1.807, 2.05) is 19.0 Å². The summed E-state index contributed by atoms with van der Waals surface area (Å²) in [5.74, 6) is -1.31. The smallest absolute Gasteiger partial charge is 0.293 e. The molecule has 2 heterocycles. The number of benzene rings is 2. The molecule has 156 valence electrons. The molecule has 4 rings (SSSR count). The summed E-state index contributed by atoms with van der Waals surface area (Å²) in [6.07, 6.45) is 0.551. The summed E-state index contributed by atoms with van der Waals surface area (Å²) in [5, 5.41) is 12.3. The minimum Gasteiger partial charge on any atom is -0.450 e. The van der Waals surface area contributed by atoms with Gasteiger partial charge in [0.1, 0.15) is 17.0 Å². The average Bonchev–Trinajstić information content (AvgIpc) is 2.91. The normalized spacial score (nSPS) is 18.5. The van der Waals surface area contributed by atoms with Crippen LogP contribution in [0.1, 0.15) is 28.1 Å². The lowest BCUT2D eigenvalue weighted by Crippen LogP contribution is -2.47. The van der Waals surface area contributed by atoms with E-state index in [0.717, 1.165) is 0 Å². The Morgan fingerprint density at radius 1 is 1.17 bits per heavy atom. The molecule has 0 fully saturated rings. The molecule has 1 aliphatic heterocycles. The predicted octanol–water partition coefficient (Wildman–Crippen LogP) is 3.19. The van der Waals surface area contributed by atoms with Crippen LogP contribution in [0.5, 0.6) is 0 Å². The highest BCUT2D eigenvalue weighted by Gasteiger charge is 2.53. The first-order chi connectivity index (χ1) is 14.2. The van der Waals surface area contributed by atoms with E-state index < -0.39 is 22.9 Å². The van der Waals surface area contributed by atoms with Gasteiger partial charge in [-0.1, -0.05) is 23.7 Å². The molecular weight excluding hydrogens is 411 g/mol. The molecule has 0 aliphatic carbocycles. The van der Waals surface area contributed by atoms with Crippen molar-refractivity contribution >= 4 is 28.5 Å². The maximum absolute atomic E-state index is 13.5. The van der Waals surface area contributed by atoms with Crippen molar-refractivity contribution in [2.45, 2.75) is 12.1 Å². The Morgan fingerprint density at radius 3 is 2.53 bits per heavy atom. The van der Waals surface area contributed by atoms with Crippen molar-refractivity contribution < 1.29 is 18.7 Å². The van der Waals surface area contributed by atoms with Crippen LogP contribution >= 0.6 is 11.6 Å². The van der Waals surface area contributed by atoms with Crippen molar-refractivity contribution in [2.24, 2.45) is 0 Å². The highest BCUT2D eigenvalue weighted by Crippen LogP contribution is 2.42. The third kappa shape index (κ3) is 3.19. The van der Waals surface area contributed by atoms with Crippen LogP contribution in [0, 0.1) is 5.82 Å². The lowest BCUT2D eigenvalue weighted by molar-refractivity contribution is -0.0513. The molecule has 3 aromatic rings. The largest absolute Gasteiger partial charge is 0.450 e. The lowest BCUT2D eigenvalue weighted by atomic mass is 9.94. The molecule has 1 atom stereocenters. The van der Waals surface area contributed by atoms with Crippen LogP contribution in [-0.2, 0) is 5.72 Å². The molecule has 6 nitrogen and oxygen atoms in total. The van der Waals surface area contributed by atoms with E-state index in [2.05, 4.69) is 0 Å². The number of fused-ring (bicyclic) bond motifs is 2. The zero-order valence-electron chi connectivity index (χ0n) is 16.5. The first-order valence-electron chi connectivity index (χ1n) is 9.45. The molecule has 1 aliphatic rings. The van der Waals surface area contributed by atoms with Crippen LogP contribution in [0.15, 0.2) is 51.7 Å². The van der Waals surface area contributed by atoms with Crippen molar-refractivity contribution in [1.29, 1.82) is 0 Å². The van der Waals surface area contributed by atoms with Crippen LogP contribution in [-0.4, -0.2) is 48.0 Å². The van der Waals surface area contributed by atoms with Crippen molar-refractivity contribution in [3.05, 3.63) is 80.4 Å². The highest BCUT2D eigenvalue weighted by molar-refractivity contribution is 6.31. The number of nitrogens with zero attached hydrogens (tertiary/aromatic N) is 2. The Balaban J connectivity index is 1.95. The minimum absolute atomic E-state index is 0.157. The van der Waals surface area contributed by atoms with Gasteiger partial charge in [0.2, 0.25) is 16.9 Å². The van der Waals surface area contributed by atoms with E-state index in [4.69, 9.17) is 16.0 Å². The quantitative estimate of drug-likeness (QED) is 0.673. The number of carbonyl (C=O) groups is 1. The van der Waals surface area contributed by atoms with Gasteiger partial charge in [0.15, 0.2) is 0 Å². The van der Waals surface area contributed by atoms with Crippen molar-refractivity contribution in [3.63, 3.8) is 0 Å². The van der Waals surface area contributed by atoms with Crippen LogP contribution in [0.4, 0.5) is 4.39 Å². The third-order valence-electron chi connectivity index (χ3n) is 5.26. The number of rotatable bonds is 5. The molecule has 0 spiro atoms. The van der Waals surface area contributed by atoms with Gasteiger partial charge >= 0.3 is 0 Å². The van der Waals surface area contributed by atoms with Crippen LogP contribution in [0.25, 0.3) is 11.0 Å². The monoisotopic (exact) mass is 430 g/mol. The zero-order chi connectivity index (χ0) is 21.6. The van der Waals surface area contributed by atoms with E-state index in [9.17, 15) is 19.1 Å². The second-order valence-electron chi connectivity index (χ2n) is 7.57. The number of amides is 1. The summed E-state index contributed by atoms with van der Waals surface area (Å²) in [4.78, 5) is 29.7. The molecule has 1 aromatic heterocycles. The molecule has 30 heavy (non-hydrogen) atoms. The van der Waals surface area contributed by atoms with Crippen molar-refractivity contribution in [1.82, 2.24) is 9.80 Å². The molecule has 2 aromatic carbocycles. The lowest BCUT2D eigenvalue weighted by Gasteiger charge is -2.34. The Labute approximate surface area is 177 Å². The number of aliphatic hydroxyl groups is 1. The van der Waals surface area contributed by atoms with E-state index >= 15 is 0 Å². The fourth-order valence-electron chi connectivity index (χ4n) is 3.83. The van der Waals surface area contributed by atoms with E-state index in [1.165, 1.54) is 41.3 Å². The zero-order valence-corrected chi connectivity index (χ0v) is 17.2. The Hall–Kier alpha value is -2.74. The number of carbonyl (C=O) groups excluding carboxylic acids is 1. The summed E-state index contributed by atoms with van der Waals surface area (Å²) in [6, 6.07) is 9.57. The topological polar surface area (TPSA) is 74.0 Å². The molecule has 1 N–H and O–H groups in total. The second-order valence-corrected chi connectivity index (χ2v) is 8.00. The fraction of sp³-hybridized carbons (Fsp3) is 0.273. The minimum atomic E-state index is -2.08. The molecule has 0 saturated carbocycles. The van der Waals surface area contributed by atoms with Crippen molar-refractivity contribution in [3.8, 4) is 0 Å². The summed E-state index contributed by atoms with van der Waals surface area (Å²) in [6.45, 7) is 0.838. The number of halogens is 2. The SMILES string of the molecule is CN(C)CCCN1C(=O)c2oc3ccc(Cl)cc3c(=O)c2C1(O)c1ccc(F)cc1. The summed E-state index contributed by atoms with van der Waals surface area (Å²) in [5.41, 5.74) is -2.41. The fourth-order valence-corrected chi connectivity index (χ4v) is 4.00. The maximum atomic E-state index is 13.5.